The summed E-state index contributed by atoms with van der Waals surface area (Å²) < 4.78 is 0. The Balaban J connectivity index is 2.44. The van der Waals surface area contributed by atoms with Crippen molar-refractivity contribution >= 4 is 17.3 Å². The van der Waals surface area contributed by atoms with E-state index in [4.69, 9.17) is 12.2 Å². The van der Waals surface area contributed by atoms with Gasteiger partial charge in [0.05, 0.1) is 0 Å². The lowest BCUT2D eigenvalue weighted by molar-refractivity contribution is 0.0921. The van der Waals surface area contributed by atoms with Crippen molar-refractivity contribution in [3.63, 3.8) is 0 Å². The molecule has 1 fully saturated rings. The molecule has 0 saturated heterocycles. The Morgan fingerprint density at radius 1 is 1.17 bits per heavy atom. The van der Waals surface area contributed by atoms with Gasteiger partial charge in [0.1, 0.15) is 0 Å². The molecule has 0 amide bonds. The first kappa shape index (κ1) is 15.7. The molecular weight excluding hydrogens is 240 g/mol. The summed E-state index contributed by atoms with van der Waals surface area (Å²) in [5, 5.41) is 7.65. The van der Waals surface area contributed by atoms with Gasteiger partial charge in [-0.2, -0.15) is 0 Å². The zero-order valence-corrected chi connectivity index (χ0v) is 13.5. The molecule has 1 rings (SSSR count). The van der Waals surface area contributed by atoms with Gasteiger partial charge in [0.15, 0.2) is 5.11 Å². The highest BCUT2D eigenvalue weighted by Gasteiger charge is 2.38. The summed E-state index contributed by atoms with van der Waals surface area (Å²) in [6.07, 6.45) is 6.12. The predicted molar refractivity (Wildman–Crippen MR) is 83.8 cm³/mol. The average molecular weight is 270 g/mol. The van der Waals surface area contributed by atoms with Crippen molar-refractivity contribution in [2.45, 2.75) is 72.8 Å². The van der Waals surface area contributed by atoms with Crippen LogP contribution in [0, 0.1) is 10.8 Å². The minimum Gasteiger partial charge on any atom is -0.363 e. The van der Waals surface area contributed by atoms with Crippen LogP contribution in [-0.4, -0.2) is 17.7 Å². The van der Waals surface area contributed by atoms with Gasteiger partial charge in [-0.3, -0.25) is 0 Å². The van der Waals surface area contributed by atoms with Crippen LogP contribution in [0.2, 0.25) is 0 Å². The Hall–Kier alpha value is -0.310. The fourth-order valence-electron chi connectivity index (χ4n) is 3.56. The number of nitrogens with one attached hydrogen (secondary N) is 2. The molecule has 18 heavy (non-hydrogen) atoms. The molecular formula is C15H30N2S. The largest absolute Gasteiger partial charge is 0.363 e. The molecule has 106 valence electrons. The molecule has 0 aliphatic heterocycles. The molecule has 0 aromatic carbocycles. The number of hydrogen-bond acceptors (Lipinski definition) is 1. The van der Waals surface area contributed by atoms with E-state index >= 15 is 0 Å². The quantitative estimate of drug-likeness (QED) is 0.599. The topological polar surface area (TPSA) is 24.1 Å². The van der Waals surface area contributed by atoms with Crippen LogP contribution in [0.3, 0.4) is 0 Å². The molecule has 0 radical (unpaired) electrons. The molecule has 2 nitrogen and oxygen atoms in total. The zero-order chi connectivity index (χ0) is 13.8. The minimum absolute atomic E-state index is 0.415. The van der Waals surface area contributed by atoms with Gasteiger partial charge in [0.25, 0.3) is 0 Å². The standard InChI is InChI=1S/C15H30N2S/c1-6-7-8-16-13(18)17-12-9-14(2,3)11-15(4,5)10-12/h12H,6-11H2,1-5H3,(H2,16,17,18). The van der Waals surface area contributed by atoms with Crippen molar-refractivity contribution in [2.24, 2.45) is 10.8 Å². The molecule has 0 unspecified atom stereocenters. The van der Waals surface area contributed by atoms with Crippen molar-refractivity contribution in [1.82, 2.24) is 10.6 Å². The van der Waals surface area contributed by atoms with Gasteiger partial charge in [-0.15, -0.1) is 0 Å². The highest BCUT2D eigenvalue weighted by atomic mass is 32.1. The summed E-state index contributed by atoms with van der Waals surface area (Å²) in [7, 11) is 0. The van der Waals surface area contributed by atoms with E-state index in [1.54, 1.807) is 0 Å². The maximum Gasteiger partial charge on any atom is 0.166 e. The van der Waals surface area contributed by atoms with E-state index in [-0.39, 0.29) is 0 Å². The van der Waals surface area contributed by atoms with Gasteiger partial charge in [-0.1, -0.05) is 41.0 Å². The number of hydrogen-bond donors (Lipinski definition) is 2. The Morgan fingerprint density at radius 2 is 1.72 bits per heavy atom. The monoisotopic (exact) mass is 270 g/mol. The maximum absolute atomic E-state index is 5.38. The third kappa shape index (κ3) is 5.55. The van der Waals surface area contributed by atoms with Crippen LogP contribution in [0.1, 0.15) is 66.7 Å². The van der Waals surface area contributed by atoms with Crippen LogP contribution >= 0.6 is 12.2 Å². The lowest BCUT2D eigenvalue weighted by atomic mass is 9.63. The highest BCUT2D eigenvalue weighted by molar-refractivity contribution is 7.80. The van der Waals surface area contributed by atoms with Gasteiger partial charge in [-0.25, -0.2) is 0 Å². The molecule has 1 aliphatic rings. The van der Waals surface area contributed by atoms with Gasteiger partial charge in [0.2, 0.25) is 0 Å². The summed E-state index contributed by atoms with van der Waals surface area (Å²) in [6, 6.07) is 0.519. The van der Waals surface area contributed by atoms with Crippen molar-refractivity contribution in [1.29, 1.82) is 0 Å². The van der Waals surface area contributed by atoms with Crippen molar-refractivity contribution in [2.75, 3.05) is 6.54 Å². The first-order chi connectivity index (χ1) is 8.24. The zero-order valence-electron chi connectivity index (χ0n) is 12.7. The summed E-state index contributed by atoms with van der Waals surface area (Å²) in [5.74, 6) is 0. The number of unbranched alkanes of at least 4 members (excludes halogenated alkanes) is 1. The minimum atomic E-state index is 0.415. The fourth-order valence-corrected chi connectivity index (χ4v) is 3.83. The third-order valence-electron chi connectivity index (χ3n) is 3.71. The van der Waals surface area contributed by atoms with Gasteiger partial charge in [-0.05, 0) is 48.7 Å². The number of rotatable bonds is 4. The SMILES string of the molecule is CCCCNC(=S)NC1CC(C)(C)CC(C)(C)C1. The smallest absolute Gasteiger partial charge is 0.166 e. The van der Waals surface area contributed by atoms with E-state index in [9.17, 15) is 0 Å². The first-order valence-corrected chi connectivity index (χ1v) is 7.69. The van der Waals surface area contributed by atoms with Gasteiger partial charge < -0.3 is 10.6 Å². The Morgan fingerprint density at radius 3 is 2.22 bits per heavy atom. The second kappa shape index (κ2) is 6.23. The van der Waals surface area contributed by atoms with E-state index in [2.05, 4.69) is 45.3 Å². The lowest BCUT2D eigenvalue weighted by Crippen LogP contribution is -2.49. The molecule has 3 heteroatoms. The maximum atomic E-state index is 5.38. The van der Waals surface area contributed by atoms with Crippen molar-refractivity contribution in [3.05, 3.63) is 0 Å². The third-order valence-corrected chi connectivity index (χ3v) is 3.97. The molecule has 0 atom stereocenters. The summed E-state index contributed by atoms with van der Waals surface area (Å²) >= 11 is 5.38. The predicted octanol–water partition coefficient (Wildman–Crippen LogP) is 3.86. The van der Waals surface area contributed by atoms with Crippen LogP contribution < -0.4 is 10.6 Å². The van der Waals surface area contributed by atoms with Crippen LogP contribution in [0.25, 0.3) is 0 Å². The van der Waals surface area contributed by atoms with E-state index in [1.165, 1.54) is 32.1 Å². The summed E-state index contributed by atoms with van der Waals surface area (Å²) in [6.45, 7) is 12.7. The van der Waals surface area contributed by atoms with E-state index in [0.717, 1.165) is 11.7 Å². The molecule has 0 bridgehead atoms. The summed E-state index contributed by atoms with van der Waals surface area (Å²) in [5.41, 5.74) is 0.830. The van der Waals surface area contributed by atoms with E-state index in [1.807, 2.05) is 0 Å². The molecule has 1 saturated carbocycles. The van der Waals surface area contributed by atoms with Crippen molar-refractivity contribution < 1.29 is 0 Å². The Kier molecular flexibility index (Phi) is 5.45. The second-order valence-electron chi connectivity index (χ2n) is 7.36. The summed E-state index contributed by atoms with van der Waals surface area (Å²) in [4.78, 5) is 0. The van der Waals surface area contributed by atoms with Crippen LogP contribution in [0.15, 0.2) is 0 Å². The second-order valence-corrected chi connectivity index (χ2v) is 7.77. The van der Waals surface area contributed by atoms with Crippen LogP contribution in [0.5, 0.6) is 0 Å². The normalized spacial score (nSPS) is 22.5. The van der Waals surface area contributed by atoms with Gasteiger partial charge in [0, 0.05) is 12.6 Å². The van der Waals surface area contributed by atoms with E-state index < -0.39 is 0 Å². The van der Waals surface area contributed by atoms with E-state index in [0.29, 0.717) is 16.9 Å². The highest BCUT2D eigenvalue weighted by Crippen LogP contribution is 2.45. The molecule has 0 spiro atoms. The van der Waals surface area contributed by atoms with Crippen LogP contribution in [0.4, 0.5) is 0 Å². The molecule has 0 aromatic heterocycles. The average Bonchev–Trinajstić information content (AvgIpc) is 2.12. The van der Waals surface area contributed by atoms with Crippen LogP contribution in [-0.2, 0) is 0 Å². The Labute approximate surface area is 118 Å². The lowest BCUT2D eigenvalue weighted by Gasteiger charge is -2.45. The molecule has 0 aromatic rings. The van der Waals surface area contributed by atoms with Crippen molar-refractivity contribution in [3.8, 4) is 0 Å². The first-order valence-electron chi connectivity index (χ1n) is 7.28. The number of thiocarbonyl (C=S) groups is 1. The molecule has 1 aliphatic carbocycles. The Bertz CT molecular complexity index is 268. The molecule has 2 N–H and O–H groups in total. The molecule has 0 heterocycles. The van der Waals surface area contributed by atoms with Gasteiger partial charge >= 0.3 is 0 Å². The fraction of sp³-hybridized carbons (Fsp3) is 0.933.